The zero-order valence-corrected chi connectivity index (χ0v) is 11.3. The van der Waals surface area contributed by atoms with Crippen LogP contribution in [0.15, 0.2) is 0 Å². The van der Waals surface area contributed by atoms with Gasteiger partial charge >= 0.3 is 12.0 Å². The summed E-state index contributed by atoms with van der Waals surface area (Å²) < 4.78 is 0. The number of carbonyl (C=O) groups excluding carboxylic acids is 1. The first-order chi connectivity index (χ1) is 8.43. The molecule has 1 aliphatic rings. The molecule has 0 aromatic carbocycles. The van der Waals surface area contributed by atoms with E-state index in [1.807, 2.05) is 0 Å². The van der Waals surface area contributed by atoms with E-state index < -0.39 is 11.9 Å². The number of amides is 2. The summed E-state index contributed by atoms with van der Waals surface area (Å²) in [5.41, 5.74) is -0.0965. The molecule has 104 valence electrons. The molecule has 1 atom stereocenters. The Morgan fingerprint density at radius 2 is 1.89 bits per heavy atom. The fourth-order valence-electron chi connectivity index (χ4n) is 2.30. The number of carboxylic acid groups (broad SMARTS) is 1. The van der Waals surface area contributed by atoms with Crippen LogP contribution in [-0.4, -0.2) is 29.2 Å². The first-order valence-electron chi connectivity index (χ1n) is 6.72. The highest BCUT2D eigenvalue weighted by molar-refractivity contribution is 5.75. The van der Waals surface area contributed by atoms with Crippen molar-refractivity contribution in [1.29, 1.82) is 0 Å². The lowest BCUT2D eigenvalue weighted by molar-refractivity contribution is -0.141. The van der Waals surface area contributed by atoms with Crippen LogP contribution in [0.1, 0.15) is 52.4 Å². The highest BCUT2D eigenvalue weighted by Gasteiger charge is 2.28. The topological polar surface area (TPSA) is 78.4 Å². The molecule has 0 saturated heterocycles. The number of nitrogens with one attached hydrogen (secondary N) is 2. The highest BCUT2D eigenvalue weighted by Crippen LogP contribution is 2.27. The van der Waals surface area contributed by atoms with Gasteiger partial charge in [0.2, 0.25) is 0 Å². The van der Waals surface area contributed by atoms with E-state index in [0.29, 0.717) is 13.0 Å². The Labute approximate surface area is 108 Å². The second-order valence-electron chi connectivity index (χ2n) is 5.53. The maximum absolute atomic E-state index is 11.7. The van der Waals surface area contributed by atoms with Gasteiger partial charge in [-0.2, -0.15) is 0 Å². The number of hydrogen-bond donors (Lipinski definition) is 3. The number of aliphatic carboxylic acids is 1. The molecule has 1 fully saturated rings. The molecule has 0 spiro atoms. The number of urea groups is 1. The van der Waals surface area contributed by atoms with E-state index in [2.05, 4.69) is 17.6 Å². The summed E-state index contributed by atoms with van der Waals surface area (Å²) in [4.78, 5) is 22.3. The molecular weight excluding hydrogens is 232 g/mol. The zero-order chi connectivity index (χ0) is 13.6. The van der Waals surface area contributed by atoms with E-state index >= 15 is 0 Å². The van der Waals surface area contributed by atoms with Gasteiger partial charge in [-0.3, -0.25) is 4.79 Å². The molecule has 0 aromatic heterocycles. The Bertz CT molecular complexity index is 299. The molecule has 5 heteroatoms. The van der Waals surface area contributed by atoms with Gasteiger partial charge in [0, 0.05) is 12.1 Å². The van der Waals surface area contributed by atoms with E-state index in [4.69, 9.17) is 5.11 Å². The standard InChI is InChI=1S/C13H24N2O3/c1-10(11(16)17)6-9-14-12(18)15-13(2)7-4-3-5-8-13/h10H,3-9H2,1-2H3,(H,16,17)(H2,14,15,18). The first-order valence-corrected chi connectivity index (χ1v) is 6.72. The third-order valence-corrected chi connectivity index (χ3v) is 3.66. The van der Waals surface area contributed by atoms with Crippen molar-refractivity contribution in [1.82, 2.24) is 10.6 Å². The molecule has 2 amide bonds. The maximum atomic E-state index is 11.7. The van der Waals surface area contributed by atoms with E-state index in [9.17, 15) is 9.59 Å². The fourth-order valence-corrected chi connectivity index (χ4v) is 2.30. The van der Waals surface area contributed by atoms with Crippen molar-refractivity contribution in [3.8, 4) is 0 Å². The van der Waals surface area contributed by atoms with Crippen molar-refractivity contribution in [2.75, 3.05) is 6.54 Å². The average molecular weight is 256 g/mol. The van der Waals surface area contributed by atoms with Gasteiger partial charge < -0.3 is 15.7 Å². The second kappa shape index (κ2) is 6.61. The third kappa shape index (κ3) is 4.94. The minimum atomic E-state index is -0.823. The number of rotatable bonds is 5. The van der Waals surface area contributed by atoms with Crippen molar-refractivity contribution in [3.05, 3.63) is 0 Å². The Balaban J connectivity index is 2.22. The number of hydrogen-bond acceptors (Lipinski definition) is 2. The highest BCUT2D eigenvalue weighted by atomic mass is 16.4. The summed E-state index contributed by atoms with van der Waals surface area (Å²) >= 11 is 0. The van der Waals surface area contributed by atoms with Crippen LogP contribution in [0.25, 0.3) is 0 Å². The summed E-state index contributed by atoms with van der Waals surface area (Å²) in [6, 6.07) is -0.183. The van der Waals surface area contributed by atoms with Gasteiger partial charge in [-0.1, -0.05) is 26.2 Å². The Hall–Kier alpha value is -1.26. The van der Waals surface area contributed by atoms with Gasteiger partial charge in [0.15, 0.2) is 0 Å². The maximum Gasteiger partial charge on any atom is 0.315 e. The van der Waals surface area contributed by atoms with Crippen molar-refractivity contribution in [2.45, 2.75) is 57.9 Å². The van der Waals surface area contributed by atoms with E-state index in [1.165, 1.54) is 6.42 Å². The predicted octanol–water partition coefficient (Wildman–Crippen LogP) is 2.12. The molecule has 0 radical (unpaired) electrons. The molecule has 1 saturated carbocycles. The van der Waals surface area contributed by atoms with Crippen LogP contribution >= 0.6 is 0 Å². The van der Waals surface area contributed by atoms with E-state index in [0.717, 1.165) is 25.7 Å². The minimum absolute atomic E-state index is 0.0965. The molecule has 1 unspecified atom stereocenters. The molecule has 18 heavy (non-hydrogen) atoms. The lowest BCUT2D eigenvalue weighted by atomic mass is 9.83. The second-order valence-corrected chi connectivity index (χ2v) is 5.53. The normalized spacial score (nSPS) is 19.9. The Kier molecular flexibility index (Phi) is 5.44. The third-order valence-electron chi connectivity index (χ3n) is 3.66. The SMILES string of the molecule is CC(CCNC(=O)NC1(C)CCCCC1)C(=O)O. The van der Waals surface area contributed by atoms with E-state index in [-0.39, 0.29) is 11.6 Å². The quantitative estimate of drug-likeness (QED) is 0.705. The van der Waals surface area contributed by atoms with Crippen LogP contribution in [0.3, 0.4) is 0 Å². The van der Waals surface area contributed by atoms with Crippen LogP contribution < -0.4 is 10.6 Å². The number of carbonyl (C=O) groups is 2. The minimum Gasteiger partial charge on any atom is -0.481 e. The van der Waals surface area contributed by atoms with Crippen molar-refractivity contribution < 1.29 is 14.7 Å². The van der Waals surface area contributed by atoms with Crippen LogP contribution in [0.5, 0.6) is 0 Å². The first kappa shape index (κ1) is 14.8. The number of carboxylic acids is 1. The van der Waals surface area contributed by atoms with Gasteiger partial charge in [0.05, 0.1) is 5.92 Å². The Morgan fingerprint density at radius 1 is 1.28 bits per heavy atom. The molecule has 0 aliphatic heterocycles. The van der Waals surface area contributed by atoms with Gasteiger partial charge in [-0.05, 0) is 26.2 Å². The largest absolute Gasteiger partial charge is 0.481 e. The zero-order valence-electron chi connectivity index (χ0n) is 11.3. The fraction of sp³-hybridized carbons (Fsp3) is 0.846. The average Bonchev–Trinajstić information content (AvgIpc) is 2.28. The molecule has 5 nitrogen and oxygen atoms in total. The van der Waals surface area contributed by atoms with Crippen LogP contribution in [0.2, 0.25) is 0 Å². The van der Waals surface area contributed by atoms with Gasteiger partial charge in [-0.25, -0.2) is 4.79 Å². The van der Waals surface area contributed by atoms with Crippen LogP contribution in [0.4, 0.5) is 4.79 Å². The monoisotopic (exact) mass is 256 g/mol. The van der Waals surface area contributed by atoms with Crippen LogP contribution in [0, 0.1) is 5.92 Å². The van der Waals surface area contributed by atoms with Crippen molar-refractivity contribution in [3.63, 3.8) is 0 Å². The predicted molar refractivity (Wildman–Crippen MR) is 69.4 cm³/mol. The molecular formula is C13H24N2O3. The molecule has 1 aliphatic carbocycles. The lowest BCUT2D eigenvalue weighted by Gasteiger charge is -2.34. The molecule has 0 heterocycles. The Morgan fingerprint density at radius 3 is 2.44 bits per heavy atom. The van der Waals surface area contributed by atoms with Gasteiger partial charge in [0.25, 0.3) is 0 Å². The van der Waals surface area contributed by atoms with Crippen LogP contribution in [-0.2, 0) is 4.79 Å². The lowest BCUT2D eigenvalue weighted by Crippen LogP contribution is -2.51. The summed E-state index contributed by atoms with van der Waals surface area (Å²) in [5.74, 6) is -1.24. The smallest absolute Gasteiger partial charge is 0.315 e. The summed E-state index contributed by atoms with van der Waals surface area (Å²) in [5, 5.41) is 14.4. The van der Waals surface area contributed by atoms with E-state index in [1.54, 1.807) is 6.92 Å². The molecule has 1 rings (SSSR count). The van der Waals surface area contributed by atoms with Crippen molar-refractivity contribution in [2.24, 2.45) is 5.92 Å². The van der Waals surface area contributed by atoms with Gasteiger partial charge in [0.1, 0.15) is 0 Å². The summed E-state index contributed by atoms with van der Waals surface area (Å²) in [6.45, 7) is 4.12. The molecule has 0 bridgehead atoms. The molecule has 3 N–H and O–H groups in total. The molecule has 0 aromatic rings. The van der Waals surface area contributed by atoms with Crippen molar-refractivity contribution >= 4 is 12.0 Å². The summed E-state index contributed by atoms with van der Waals surface area (Å²) in [6.07, 6.45) is 6.06. The summed E-state index contributed by atoms with van der Waals surface area (Å²) in [7, 11) is 0. The van der Waals surface area contributed by atoms with Gasteiger partial charge in [-0.15, -0.1) is 0 Å².